The topological polar surface area (TPSA) is 64.0 Å². The van der Waals surface area contributed by atoms with Crippen molar-refractivity contribution in [1.29, 1.82) is 0 Å². The number of hydrogen-bond donors (Lipinski definition) is 1. The summed E-state index contributed by atoms with van der Waals surface area (Å²) in [6.45, 7) is 0. The van der Waals surface area contributed by atoms with Crippen LogP contribution in [0, 0.1) is 0 Å². The summed E-state index contributed by atoms with van der Waals surface area (Å²) in [6, 6.07) is 15.7. The number of benzene rings is 2. The molecule has 1 aromatic heterocycles. The summed E-state index contributed by atoms with van der Waals surface area (Å²) in [4.78, 5) is 25.1. The zero-order valence-electron chi connectivity index (χ0n) is 12.9. The van der Waals surface area contributed by atoms with Gasteiger partial charge < -0.3 is 5.32 Å². The van der Waals surface area contributed by atoms with E-state index in [2.05, 4.69) is 26.3 Å². The van der Waals surface area contributed by atoms with Crippen LogP contribution >= 0.6 is 15.9 Å². The third-order valence-corrected chi connectivity index (χ3v) is 3.95. The number of hydrogen-bond acceptors (Lipinski definition) is 3. The van der Waals surface area contributed by atoms with Crippen molar-refractivity contribution in [2.24, 2.45) is 7.05 Å². The van der Waals surface area contributed by atoms with Crippen LogP contribution in [0.2, 0.25) is 0 Å². The Balaban J connectivity index is 1.94. The Bertz CT molecular complexity index is 904. The molecule has 1 amide bonds. The zero-order chi connectivity index (χ0) is 17.1. The van der Waals surface area contributed by atoms with Gasteiger partial charge in [-0.15, -0.1) is 0 Å². The quantitative estimate of drug-likeness (QED) is 0.699. The molecule has 0 saturated carbocycles. The number of aromatic nitrogens is 2. The fraction of sp³-hybridized carbons (Fsp3) is 0.0556. The van der Waals surface area contributed by atoms with Crippen LogP contribution in [-0.2, 0) is 7.05 Å². The summed E-state index contributed by atoms with van der Waals surface area (Å²) in [5.41, 5.74) is 1.71. The van der Waals surface area contributed by atoms with E-state index in [9.17, 15) is 9.59 Å². The van der Waals surface area contributed by atoms with Crippen LogP contribution in [0.25, 0.3) is 0 Å². The van der Waals surface area contributed by atoms with Crippen molar-refractivity contribution in [2.75, 3.05) is 5.32 Å². The predicted molar refractivity (Wildman–Crippen MR) is 95.2 cm³/mol. The summed E-state index contributed by atoms with van der Waals surface area (Å²) in [5.74, 6) is -0.520. The molecular formula is C18H14BrN3O2. The second kappa shape index (κ2) is 6.80. The first kappa shape index (κ1) is 16.1. The lowest BCUT2D eigenvalue weighted by Gasteiger charge is -2.10. The van der Waals surface area contributed by atoms with E-state index in [1.165, 1.54) is 0 Å². The molecule has 3 rings (SSSR count). The van der Waals surface area contributed by atoms with Crippen molar-refractivity contribution >= 4 is 33.3 Å². The van der Waals surface area contributed by atoms with Gasteiger partial charge in [-0.05, 0) is 24.3 Å². The average molecular weight is 384 g/mol. The minimum absolute atomic E-state index is 0.159. The summed E-state index contributed by atoms with van der Waals surface area (Å²) in [7, 11) is 1.74. The molecule has 0 unspecified atom stereocenters. The highest BCUT2D eigenvalue weighted by Gasteiger charge is 2.17. The summed E-state index contributed by atoms with van der Waals surface area (Å²) in [5, 5.41) is 6.83. The summed E-state index contributed by atoms with van der Waals surface area (Å²) >= 11 is 3.37. The molecule has 0 atom stereocenters. The predicted octanol–water partition coefficient (Wildman–Crippen LogP) is 3.67. The lowest BCUT2D eigenvalue weighted by Crippen LogP contribution is -2.16. The van der Waals surface area contributed by atoms with Crippen molar-refractivity contribution < 1.29 is 9.59 Å². The maximum atomic E-state index is 12.7. The Hall–Kier alpha value is -2.73. The Morgan fingerprint density at radius 3 is 2.50 bits per heavy atom. The molecule has 2 aromatic carbocycles. The number of carbonyl (C=O) groups is 2. The molecule has 0 aliphatic carbocycles. The third kappa shape index (κ3) is 3.44. The van der Waals surface area contributed by atoms with E-state index in [0.717, 1.165) is 4.47 Å². The van der Waals surface area contributed by atoms with Crippen molar-refractivity contribution in [2.45, 2.75) is 0 Å². The molecule has 0 aliphatic rings. The van der Waals surface area contributed by atoms with Crippen molar-refractivity contribution in [3.63, 3.8) is 0 Å². The Morgan fingerprint density at radius 1 is 1.08 bits per heavy atom. The van der Waals surface area contributed by atoms with E-state index >= 15 is 0 Å². The molecule has 0 spiro atoms. The molecule has 3 aromatic rings. The van der Waals surface area contributed by atoms with Crippen LogP contribution in [0.15, 0.2) is 65.3 Å². The van der Waals surface area contributed by atoms with Crippen molar-refractivity contribution in [3.05, 3.63) is 82.1 Å². The molecule has 0 saturated heterocycles. The van der Waals surface area contributed by atoms with Gasteiger partial charge in [-0.3, -0.25) is 14.3 Å². The lowest BCUT2D eigenvalue weighted by atomic mass is 10.0. The first-order chi connectivity index (χ1) is 11.5. The maximum absolute atomic E-state index is 12.7. The van der Waals surface area contributed by atoms with Crippen LogP contribution in [-0.4, -0.2) is 21.5 Å². The molecular weight excluding hydrogens is 370 g/mol. The van der Waals surface area contributed by atoms with E-state index < -0.39 is 0 Å². The normalized spacial score (nSPS) is 10.4. The molecule has 1 heterocycles. The van der Waals surface area contributed by atoms with Gasteiger partial charge in [0.05, 0.1) is 5.69 Å². The van der Waals surface area contributed by atoms with E-state index in [1.54, 1.807) is 66.5 Å². The van der Waals surface area contributed by atoms with Gasteiger partial charge in [0.15, 0.2) is 11.5 Å². The van der Waals surface area contributed by atoms with Gasteiger partial charge in [0.25, 0.3) is 5.91 Å². The first-order valence-corrected chi connectivity index (χ1v) is 8.04. The smallest absolute Gasteiger partial charge is 0.276 e. The van der Waals surface area contributed by atoms with Gasteiger partial charge >= 0.3 is 0 Å². The van der Waals surface area contributed by atoms with Crippen molar-refractivity contribution in [1.82, 2.24) is 9.78 Å². The van der Waals surface area contributed by atoms with Gasteiger partial charge in [-0.2, -0.15) is 5.10 Å². The van der Waals surface area contributed by atoms with E-state index in [4.69, 9.17) is 0 Å². The highest BCUT2D eigenvalue weighted by atomic mass is 79.9. The molecule has 6 heteroatoms. The molecule has 0 bridgehead atoms. The van der Waals surface area contributed by atoms with Crippen LogP contribution in [0.1, 0.15) is 26.4 Å². The Labute approximate surface area is 147 Å². The van der Waals surface area contributed by atoms with Crippen LogP contribution in [0.5, 0.6) is 0 Å². The number of carbonyl (C=O) groups excluding carboxylic acids is 2. The number of amides is 1. The van der Waals surface area contributed by atoms with Crippen LogP contribution in [0.4, 0.5) is 5.69 Å². The van der Waals surface area contributed by atoms with Gasteiger partial charge in [0.2, 0.25) is 0 Å². The highest BCUT2D eigenvalue weighted by molar-refractivity contribution is 9.10. The van der Waals surface area contributed by atoms with Crippen molar-refractivity contribution in [3.8, 4) is 0 Å². The largest absolute Gasteiger partial charge is 0.320 e. The molecule has 120 valence electrons. The number of rotatable bonds is 4. The van der Waals surface area contributed by atoms with Gasteiger partial charge in [0, 0.05) is 28.8 Å². The van der Waals surface area contributed by atoms with Crippen LogP contribution < -0.4 is 5.32 Å². The zero-order valence-corrected chi connectivity index (χ0v) is 14.4. The SMILES string of the molecule is Cn1ccc(C(=O)Nc2ccc(Br)cc2C(=O)c2ccccc2)n1. The molecule has 24 heavy (non-hydrogen) atoms. The monoisotopic (exact) mass is 383 g/mol. The summed E-state index contributed by atoms with van der Waals surface area (Å²) in [6.07, 6.45) is 1.69. The van der Waals surface area contributed by atoms with E-state index in [0.29, 0.717) is 22.5 Å². The molecule has 1 N–H and O–H groups in total. The highest BCUT2D eigenvalue weighted by Crippen LogP contribution is 2.24. The fourth-order valence-corrected chi connectivity index (χ4v) is 2.64. The maximum Gasteiger partial charge on any atom is 0.276 e. The van der Waals surface area contributed by atoms with Gasteiger partial charge in [-0.1, -0.05) is 46.3 Å². The molecule has 0 radical (unpaired) electrons. The standard InChI is InChI=1S/C18H14BrN3O2/c1-22-10-9-16(21-22)18(24)20-15-8-7-13(19)11-14(15)17(23)12-5-3-2-4-6-12/h2-11H,1H3,(H,20,24). The number of nitrogens with zero attached hydrogens (tertiary/aromatic N) is 2. The average Bonchev–Trinajstić information content (AvgIpc) is 3.03. The number of anilines is 1. The number of halogens is 1. The number of aryl methyl sites for hydroxylation is 1. The second-order valence-corrected chi connectivity index (χ2v) is 6.13. The minimum atomic E-state index is -0.361. The third-order valence-electron chi connectivity index (χ3n) is 3.46. The Kier molecular flexibility index (Phi) is 4.57. The molecule has 0 aliphatic heterocycles. The number of ketones is 1. The summed E-state index contributed by atoms with van der Waals surface area (Å²) < 4.78 is 2.31. The fourth-order valence-electron chi connectivity index (χ4n) is 2.28. The second-order valence-electron chi connectivity index (χ2n) is 5.21. The van der Waals surface area contributed by atoms with Crippen LogP contribution in [0.3, 0.4) is 0 Å². The van der Waals surface area contributed by atoms with E-state index in [-0.39, 0.29) is 11.7 Å². The van der Waals surface area contributed by atoms with E-state index in [1.807, 2.05) is 6.07 Å². The van der Waals surface area contributed by atoms with Gasteiger partial charge in [-0.25, -0.2) is 0 Å². The Morgan fingerprint density at radius 2 is 1.83 bits per heavy atom. The van der Waals surface area contributed by atoms with Gasteiger partial charge in [0.1, 0.15) is 0 Å². The number of nitrogens with one attached hydrogen (secondary N) is 1. The first-order valence-electron chi connectivity index (χ1n) is 7.25. The molecule has 0 fully saturated rings. The lowest BCUT2D eigenvalue weighted by molar-refractivity contribution is 0.102. The molecule has 5 nitrogen and oxygen atoms in total. The minimum Gasteiger partial charge on any atom is -0.320 e.